The summed E-state index contributed by atoms with van der Waals surface area (Å²) in [6.07, 6.45) is -0.347. The fourth-order valence-electron chi connectivity index (χ4n) is 3.61. The maximum Gasteiger partial charge on any atom is 0.416 e. The van der Waals surface area contributed by atoms with Crippen LogP contribution in [0.2, 0.25) is 0 Å². The number of hydrogen-bond acceptors (Lipinski definition) is 7. The molecule has 1 fully saturated rings. The van der Waals surface area contributed by atoms with Crippen molar-refractivity contribution in [2.24, 2.45) is 0 Å². The molecule has 142 valence electrons. The Morgan fingerprint density at radius 3 is 2.56 bits per heavy atom. The summed E-state index contributed by atoms with van der Waals surface area (Å²) in [5.74, 6) is 1.79. The molecule has 1 aromatic carbocycles. The van der Waals surface area contributed by atoms with Crippen LogP contribution in [0.3, 0.4) is 0 Å². The van der Waals surface area contributed by atoms with Crippen molar-refractivity contribution in [2.45, 2.75) is 6.54 Å². The van der Waals surface area contributed by atoms with Gasteiger partial charge < -0.3 is 23.8 Å². The Balaban J connectivity index is 1.37. The number of carbonyl (C=O) groups excluding carboxylic acids is 1. The first-order valence-electron chi connectivity index (χ1n) is 9.26. The van der Waals surface area contributed by atoms with Crippen LogP contribution in [0.4, 0.5) is 4.79 Å². The smallest absolute Gasteiger partial charge is 0.416 e. The minimum absolute atomic E-state index is 0.347. The molecule has 4 heterocycles. The molecule has 1 saturated heterocycles. The molecule has 2 aromatic rings. The summed E-state index contributed by atoms with van der Waals surface area (Å²) in [4.78, 5) is 20.9. The Kier molecular flexibility index (Phi) is 4.21. The number of morpholine rings is 1. The first-order chi connectivity index (χ1) is 13.3. The normalized spacial score (nSPS) is 19.7. The van der Waals surface area contributed by atoms with Crippen molar-refractivity contribution in [1.29, 1.82) is 0 Å². The van der Waals surface area contributed by atoms with Crippen LogP contribution in [0.1, 0.15) is 5.56 Å². The zero-order valence-corrected chi connectivity index (χ0v) is 15.0. The lowest BCUT2D eigenvalue weighted by molar-refractivity contribution is 0.0328. The van der Waals surface area contributed by atoms with Crippen LogP contribution in [0.15, 0.2) is 18.2 Å². The van der Waals surface area contributed by atoms with E-state index in [4.69, 9.17) is 18.9 Å². The monoisotopic (exact) mass is 371 g/mol. The number of amides is 1. The van der Waals surface area contributed by atoms with Crippen LogP contribution in [0.25, 0.3) is 10.9 Å². The molecule has 0 atom stereocenters. The van der Waals surface area contributed by atoms with E-state index in [1.54, 1.807) is 4.90 Å². The summed E-state index contributed by atoms with van der Waals surface area (Å²) in [6, 6.07) is 5.79. The van der Waals surface area contributed by atoms with Crippen molar-refractivity contribution in [3.63, 3.8) is 0 Å². The van der Waals surface area contributed by atoms with Gasteiger partial charge >= 0.3 is 6.09 Å². The van der Waals surface area contributed by atoms with Crippen LogP contribution in [-0.4, -0.2) is 73.5 Å². The summed E-state index contributed by atoms with van der Waals surface area (Å²) in [7, 11) is 0. The topological polar surface area (TPSA) is 73.4 Å². The van der Waals surface area contributed by atoms with Gasteiger partial charge in [0.25, 0.3) is 0 Å². The molecule has 8 nitrogen and oxygen atoms in total. The number of benzene rings is 1. The van der Waals surface area contributed by atoms with Gasteiger partial charge in [0.1, 0.15) is 13.2 Å². The van der Waals surface area contributed by atoms with E-state index in [1.165, 1.54) is 0 Å². The van der Waals surface area contributed by atoms with Crippen LogP contribution in [0.5, 0.6) is 17.4 Å². The van der Waals surface area contributed by atoms with Gasteiger partial charge in [-0.05, 0) is 12.1 Å². The van der Waals surface area contributed by atoms with Crippen molar-refractivity contribution in [2.75, 3.05) is 52.6 Å². The lowest BCUT2D eigenvalue weighted by Gasteiger charge is -2.31. The first kappa shape index (κ1) is 16.6. The molecular weight excluding hydrogens is 350 g/mol. The van der Waals surface area contributed by atoms with E-state index in [-0.39, 0.29) is 6.09 Å². The molecule has 0 saturated carbocycles. The van der Waals surface area contributed by atoms with Crippen LogP contribution >= 0.6 is 0 Å². The van der Waals surface area contributed by atoms with Gasteiger partial charge in [-0.1, -0.05) is 0 Å². The van der Waals surface area contributed by atoms with E-state index in [0.29, 0.717) is 37.9 Å². The molecule has 1 aromatic heterocycles. The van der Waals surface area contributed by atoms with Crippen molar-refractivity contribution < 1.29 is 23.7 Å². The molecule has 0 radical (unpaired) electrons. The summed E-state index contributed by atoms with van der Waals surface area (Å²) in [5.41, 5.74) is 1.63. The summed E-state index contributed by atoms with van der Waals surface area (Å²) < 4.78 is 22.1. The number of hydrogen-bond donors (Lipinski definition) is 0. The van der Waals surface area contributed by atoms with E-state index < -0.39 is 0 Å². The second-order valence-corrected chi connectivity index (χ2v) is 6.88. The molecular formula is C19H21N3O5. The number of fused-ring (bicyclic) bond motifs is 3. The number of nitrogens with zero attached hydrogens (tertiary/aromatic N) is 3. The SMILES string of the molecule is O=C1Oc2nc3cc4c(cc3cc2CN1CCN1CCOCC1)OCCO4. The number of rotatable bonds is 3. The average molecular weight is 371 g/mol. The van der Waals surface area contributed by atoms with Crippen molar-refractivity contribution in [1.82, 2.24) is 14.8 Å². The Bertz CT molecular complexity index is 881. The number of aromatic nitrogens is 1. The second-order valence-electron chi connectivity index (χ2n) is 6.88. The minimum Gasteiger partial charge on any atom is -0.486 e. The summed E-state index contributed by atoms with van der Waals surface area (Å²) in [6.45, 7) is 6.30. The Labute approximate surface area is 156 Å². The van der Waals surface area contributed by atoms with Gasteiger partial charge in [-0.3, -0.25) is 4.90 Å². The third-order valence-corrected chi connectivity index (χ3v) is 5.11. The molecule has 0 bridgehead atoms. The second kappa shape index (κ2) is 6.86. The highest BCUT2D eigenvalue weighted by molar-refractivity contribution is 5.85. The zero-order chi connectivity index (χ0) is 18.2. The fraction of sp³-hybridized carbons (Fsp3) is 0.474. The summed E-state index contributed by atoms with van der Waals surface area (Å²) in [5, 5.41) is 0.948. The standard InChI is InChI=1S/C19H21N3O5/c23-19-22(2-1-21-3-5-24-6-4-21)12-14-9-13-10-16-17(26-8-7-25-16)11-15(13)20-18(14)27-19/h9-11H,1-8,12H2. The van der Waals surface area contributed by atoms with Crippen LogP contribution < -0.4 is 14.2 Å². The maximum atomic E-state index is 12.4. The highest BCUT2D eigenvalue weighted by atomic mass is 16.6. The van der Waals surface area contributed by atoms with Gasteiger partial charge in [-0.15, -0.1) is 0 Å². The molecule has 5 rings (SSSR count). The van der Waals surface area contributed by atoms with E-state index in [1.807, 2.05) is 18.2 Å². The number of pyridine rings is 1. The molecule has 8 heteroatoms. The van der Waals surface area contributed by atoms with Gasteiger partial charge in [-0.25, -0.2) is 9.78 Å². The predicted octanol–water partition coefficient (Wildman–Crippen LogP) is 1.65. The van der Waals surface area contributed by atoms with Gasteiger partial charge in [0.15, 0.2) is 11.5 Å². The molecule has 3 aliphatic rings. The van der Waals surface area contributed by atoms with Crippen molar-refractivity contribution >= 4 is 17.0 Å². The largest absolute Gasteiger partial charge is 0.486 e. The highest BCUT2D eigenvalue weighted by Gasteiger charge is 2.27. The Morgan fingerprint density at radius 1 is 0.963 bits per heavy atom. The molecule has 27 heavy (non-hydrogen) atoms. The first-order valence-corrected chi connectivity index (χ1v) is 9.26. The van der Waals surface area contributed by atoms with E-state index in [9.17, 15) is 4.79 Å². The lowest BCUT2D eigenvalue weighted by Crippen LogP contribution is -2.45. The van der Waals surface area contributed by atoms with Crippen LogP contribution in [-0.2, 0) is 11.3 Å². The van der Waals surface area contributed by atoms with Gasteiger partial charge in [0.05, 0.1) is 25.3 Å². The van der Waals surface area contributed by atoms with E-state index in [0.717, 1.165) is 55.1 Å². The maximum absolute atomic E-state index is 12.4. The highest BCUT2D eigenvalue weighted by Crippen LogP contribution is 2.36. The zero-order valence-electron chi connectivity index (χ0n) is 15.0. The van der Waals surface area contributed by atoms with Gasteiger partial charge in [0, 0.05) is 43.2 Å². The van der Waals surface area contributed by atoms with Gasteiger partial charge in [0.2, 0.25) is 5.88 Å². The number of carbonyl (C=O) groups is 1. The average Bonchev–Trinajstić information content (AvgIpc) is 2.70. The quantitative estimate of drug-likeness (QED) is 0.812. The van der Waals surface area contributed by atoms with E-state index in [2.05, 4.69) is 9.88 Å². The van der Waals surface area contributed by atoms with Gasteiger partial charge in [-0.2, -0.15) is 0 Å². The van der Waals surface area contributed by atoms with Crippen molar-refractivity contribution in [3.05, 3.63) is 23.8 Å². The molecule has 1 amide bonds. The molecule has 0 spiro atoms. The molecule has 0 N–H and O–H groups in total. The minimum atomic E-state index is -0.347. The fourth-order valence-corrected chi connectivity index (χ4v) is 3.61. The van der Waals surface area contributed by atoms with Crippen molar-refractivity contribution in [3.8, 4) is 17.4 Å². The third kappa shape index (κ3) is 3.26. The molecule has 0 unspecified atom stereocenters. The van der Waals surface area contributed by atoms with Crippen LogP contribution in [0, 0.1) is 0 Å². The Morgan fingerprint density at radius 2 is 1.74 bits per heavy atom. The predicted molar refractivity (Wildman–Crippen MR) is 96.4 cm³/mol. The Hall–Kier alpha value is -2.58. The molecule has 0 aliphatic carbocycles. The lowest BCUT2D eigenvalue weighted by atomic mass is 10.1. The summed E-state index contributed by atoms with van der Waals surface area (Å²) >= 11 is 0. The van der Waals surface area contributed by atoms with E-state index >= 15 is 0 Å². The number of ether oxygens (including phenoxy) is 4. The molecule has 3 aliphatic heterocycles. The third-order valence-electron chi connectivity index (χ3n) is 5.11.